The van der Waals surface area contributed by atoms with Gasteiger partial charge in [0.2, 0.25) is 0 Å². The number of carbonyl (C=O) groups is 2. The van der Waals surface area contributed by atoms with Crippen molar-refractivity contribution in [2.75, 3.05) is 0 Å². The smallest absolute Gasteiger partial charge is 0.407 e. The zero-order chi connectivity index (χ0) is 25.9. The molecular weight excluding hydrogens is 519 g/mol. The van der Waals surface area contributed by atoms with Gasteiger partial charge in [0.1, 0.15) is 17.5 Å². The van der Waals surface area contributed by atoms with Crippen molar-refractivity contribution >= 4 is 36.1 Å². The van der Waals surface area contributed by atoms with E-state index in [1.165, 1.54) is 12.1 Å². The van der Waals surface area contributed by atoms with Gasteiger partial charge in [0.05, 0.1) is 16.0 Å². The van der Waals surface area contributed by atoms with Gasteiger partial charge < -0.3 is 14.5 Å². The number of ketones is 1. The summed E-state index contributed by atoms with van der Waals surface area (Å²) in [7, 11) is -2.17. The molecule has 1 amide bonds. The predicted octanol–water partition coefficient (Wildman–Crippen LogP) is 6.75. The van der Waals surface area contributed by atoms with E-state index in [0.717, 1.165) is 0 Å². The van der Waals surface area contributed by atoms with E-state index in [9.17, 15) is 19.2 Å². The number of ether oxygens (including phenoxy) is 1. The number of alkyl carbamates (subject to hydrolysis) is 1. The standard InChI is InChI=1S/C25H36BrFN2O4Si/c1-17(32-22(31)29-23(2,3)4)15-24(16-28)11-13-25(14-12-24,33-34(5,6)7)21(30)18-9-8-10-19(27)20(18)26/h8-10,17H,11-15H2,1-7H3,(H,29,31)/t17-,24?,25?/m0/s1. The molecule has 188 valence electrons. The number of benzene rings is 1. The second-order valence-corrected chi connectivity index (χ2v) is 16.5. The molecule has 1 saturated carbocycles. The van der Waals surface area contributed by atoms with Gasteiger partial charge in [0, 0.05) is 17.5 Å². The second kappa shape index (κ2) is 10.5. The molecule has 0 unspecified atom stereocenters. The molecule has 1 aliphatic rings. The third-order valence-corrected chi connectivity index (χ3v) is 7.64. The molecule has 34 heavy (non-hydrogen) atoms. The lowest BCUT2D eigenvalue weighted by molar-refractivity contribution is -0.00552. The van der Waals surface area contributed by atoms with Gasteiger partial charge in [-0.2, -0.15) is 5.26 Å². The van der Waals surface area contributed by atoms with Crippen molar-refractivity contribution in [3.05, 3.63) is 34.1 Å². The van der Waals surface area contributed by atoms with Gasteiger partial charge in [-0.1, -0.05) is 6.07 Å². The summed E-state index contributed by atoms with van der Waals surface area (Å²) in [6.45, 7) is 13.4. The third-order valence-electron chi connectivity index (χ3n) is 5.83. The minimum Gasteiger partial charge on any atom is -0.446 e. The molecule has 1 fully saturated rings. The average molecular weight is 556 g/mol. The van der Waals surface area contributed by atoms with Crippen molar-refractivity contribution in [2.24, 2.45) is 5.41 Å². The van der Waals surface area contributed by atoms with E-state index >= 15 is 0 Å². The van der Waals surface area contributed by atoms with Crippen LogP contribution in [0.5, 0.6) is 0 Å². The molecule has 0 saturated heterocycles. The Balaban J connectivity index is 2.24. The predicted molar refractivity (Wildman–Crippen MR) is 136 cm³/mol. The van der Waals surface area contributed by atoms with Crippen LogP contribution in [0, 0.1) is 22.6 Å². The van der Waals surface area contributed by atoms with E-state index in [1.807, 2.05) is 40.4 Å². The Kier molecular flexibility index (Phi) is 8.77. The van der Waals surface area contributed by atoms with Crippen LogP contribution in [-0.2, 0) is 9.16 Å². The number of hydrogen-bond donors (Lipinski definition) is 1. The van der Waals surface area contributed by atoms with Crippen molar-refractivity contribution in [1.82, 2.24) is 5.32 Å². The van der Waals surface area contributed by atoms with E-state index in [2.05, 4.69) is 27.3 Å². The Morgan fingerprint density at radius 3 is 2.32 bits per heavy atom. The molecule has 0 aromatic heterocycles. The molecule has 9 heteroatoms. The van der Waals surface area contributed by atoms with E-state index in [1.54, 1.807) is 13.0 Å². The summed E-state index contributed by atoms with van der Waals surface area (Å²) < 4.78 is 26.3. The number of nitriles is 1. The van der Waals surface area contributed by atoms with Crippen molar-refractivity contribution in [3.8, 4) is 6.07 Å². The van der Waals surface area contributed by atoms with Crippen LogP contribution in [0.4, 0.5) is 9.18 Å². The van der Waals surface area contributed by atoms with Crippen LogP contribution in [0.1, 0.15) is 70.2 Å². The highest BCUT2D eigenvalue weighted by molar-refractivity contribution is 9.10. The average Bonchev–Trinajstić information content (AvgIpc) is 2.68. The molecule has 1 aromatic carbocycles. The highest BCUT2D eigenvalue weighted by atomic mass is 79.9. The minimum absolute atomic E-state index is 0.127. The summed E-state index contributed by atoms with van der Waals surface area (Å²) in [5.74, 6) is -0.766. The molecule has 1 aliphatic carbocycles. The molecular formula is C25H36BrFN2O4Si. The zero-order valence-electron chi connectivity index (χ0n) is 21.2. The number of Topliss-reactive ketones (excluding diaryl/α,β-unsaturated/α-hetero) is 1. The first kappa shape index (κ1) is 28.5. The third kappa shape index (κ3) is 7.37. The molecule has 0 aliphatic heterocycles. The maximum Gasteiger partial charge on any atom is 0.407 e. The van der Waals surface area contributed by atoms with Crippen LogP contribution >= 0.6 is 15.9 Å². The lowest BCUT2D eigenvalue weighted by Gasteiger charge is -2.46. The fourth-order valence-corrected chi connectivity index (χ4v) is 6.40. The molecule has 0 heterocycles. The van der Waals surface area contributed by atoms with E-state index in [0.29, 0.717) is 32.1 Å². The van der Waals surface area contributed by atoms with Gasteiger partial charge in [0.15, 0.2) is 14.1 Å². The van der Waals surface area contributed by atoms with Crippen molar-refractivity contribution in [1.29, 1.82) is 5.26 Å². The minimum atomic E-state index is -2.17. The Bertz CT molecular complexity index is 957. The van der Waals surface area contributed by atoms with Crippen molar-refractivity contribution in [3.63, 3.8) is 0 Å². The molecule has 0 bridgehead atoms. The van der Waals surface area contributed by atoms with Crippen molar-refractivity contribution in [2.45, 2.75) is 96.7 Å². The Morgan fingerprint density at radius 2 is 1.82 bits per heavy atom. The fourth-order valence-electron chi connectivity index (χ4n) is 4.49. The molecule has 2 rings (SSSR count). The summed E-state index contributed by atoms with van der Waals surface area (Å²) in [5.41, 5.74) is -2.03. The van der Waals surface area contributed by atoms with Crippen LogP contribution in [0.25, 0.3) is 0 Å². The topological polar surface area (TPSA) is 88.4 Å². The van der Waals surface area contributed by atoms with Crippen LogP contribution in [0.3, 0.4) is 0 Å². The number of halogens is 2. The fraction of sp³-hybridized carbons (Fsp3) is 0.640. The van der Waals surface area contributed by atoms with Gasteiger partial charge in [-0.05, 0) is 101 Å². The second-order valence-electron chi connectivity index (χ2n) is 11.3. The first-order chi connectivity index (χ1) is 15.5. The van der Waals surface area contributed by atoms with E-state index in [-0.39, 0.29) is 15.8 Å². The maximum atomic E-state index is 14.2. The van der Waals surface area contributed by atoms with Gasteiger partial charge >= 0.3 is 6.09 Å². The largest absolute Gasteiger partial charge is 0.446 e. The summed E-state index contributed by atoms with van der Waals surface area (Å²) in [4.78, 5) is 25.9. The molecule has 6 nitrogen and oxygen atoms in total. The van der Waals surface area contributed by atoms with Gasteiger partial charge in [-0.3, -0.25) is 4.79 Å². The zero-order valence-corrected chi connectivity index (χ0v) is 23.8. The van der Waals surface area contributed by atoms with E-state index < -0.39 is 42.9 Å². The molecule has 0 spiro atoms. The lowest BCUT2D eigenvalue weighted by Crippen LogP contribution is -2.52. The molecule has 1 N–H and O–H groups in total. The monoisotopic (exact) mass is 554 g/mol. The van der Waals surface area contributed by atoms with Crippen molar-refractivity contribution < 1.29 is 23.1 Å². The first-order valence-corrected chi connectivity index (χ1v) is 15.8. The number of nitrogens with zero attached hydrogens (tertiary/aromatic N) is 1. The van der Waals surface area contributed by atoms with Gasteiger partial charge in [0.25, 0.3) is 0 Å². The normalized spacial score (nSPS) is 24.1. The van der Waals surface area contributed by atoms with E-state index in [4.69, 9.17) is 9.16 Å². The number of nitrogens with one attached hydrogen (secondary N) is 1. The number of hydrogen-bond acceptors (Lipinski definition) is 5. The number of rotatable bonds is 7. The summed E-state index contributed by atoms with van der Waals surface area (Å²) in [6, 6.07) is 6.84. The summed E-state index contributed by atoms with van der Waals surface area (Å²) in [5, 5.41) is 12.8. The summed E-state index contributed by atoms with van der Waals surface area (Å²) in [6.07, 6.45) is 0.887. The van der Waals surface area contributed by atoms with Gasteiger partial charge in [-0.15, -0.1) is 0 Å². The summed E-state index contributed by atoms with van der Waals surface area (Å²) >= 11 is 3.22. The lowest BCUT2D eigenvalue weighted by atomic mass is 9.65. The number of carbonyl (C=O) groups excluding carboxylic acids is 2. The Hall–Kier alpha value is -1.76. The highest BCUT2D eigenvalue weighted by Gasteiger charge is 2.51. The highest BCUT2D eigenvalue weighted by Crippen LogP contribution is 2.48. The molecule has 0 radical (unpaired) electrons. The Labute approximate surface area is 211 Å². The molecule has 1 aromatic rings. The quantitative estimate of drug-likeness (QED) is 0.297. The maximum absolute atomic E-state index is 14.2. The molecule has 1 atom stereocenters. The van der Waals surface area contributed by atoms with Crippen LogP contribution in [0.2, 0.25) is 19.6 Å². The first-order valence-electron chi connectivity index (χ1n) is 11.6. The van der Waals surface area contributed by atoms with Crippen LogP contribution in [-0.4, -0.2) is 37.4 Å². The van der Waals surface area contributed by atoms with Gasteiger partial charge in [-0.25, -0.2) is 9.18 Å². The number of amides is 1. The van der Waals surface area contributed by atoms with Crippen LogP contribution < -0.4 is 5.32 Å². The Morgan fingerprint density at radius 1 is 1.24 bits per heavy atom. The SMILES string of the molecule is C[C@@H](CC1(C#N)CCC(O[Si](C)(C)C)(C(=O)c2cccc(F)c2Br)CC1)OC(=O)NC(C)(C)C. The van der Waals surface area contributed by atoms with Crippen LogP contribution in [0.15, 0.2) is 22.7 Å².